The molecule has 0 spiro atoms. The fourth-order valence-electron chi connectivity index (χ4n) is 1.35. The average molecular weight is 230 g/mol. The fourth-order valence-corrected chi connectivity index (χ4v) is 1.35. The lowest BCUT2D eigenvalue weighted by Crippen LogP contribution is -2.49. The molecule has 1 atom stereocenters. The minimum atomic E-state index is -0.273. The van der Waals surface area contributed by atoms with Crippen LogP contribution in [0.5, 0.6) is 0 Å². The Morgan fingerprint density at radius 2 is 1.94 bits per heavy atom. The van der Waals surface area contributed by atoms with Gasteiger partial charge in [-0.15, -0.1) is 0 Å². The van der Waals surface area contributed by atoms with Crippen molar-refractivity contribution in [3.05, 3.63) is 0 Å². The van der Waals surface area contributed by atoms with Gasteiger partial charge in [0.15, 0.2) is 0 Å². The third kappa shape index (κ3) is 7.62. The molecule has 1 unspecified atom stereocenters. The molecule has 0 aromatic rings. The second-order valence-corrected chi connectivity index (χ2v) is 4.47. The Morgan fingerprint density at radius 3 is 2.38 bits per heavy atom. The van der Waals surface area contributed by atoms with Crippen molar-refractivity contribution >= 4 is 5.91 Å². The molecule has 0 bridgehead atoms. The topological polar surface area (TPSA) is 61.6 Å². The molecule has 0 aromatic carbocycles. The van der Waals surface area contributed by atoms with Crippen LogP contribution in [0.15, 0.2) is 0 Å². The second-order valence-electron chi connectivity index (χ2n) is 4.47. The van der Waals surface area contributed by atoms with Gasteiger partial charge in [-0.3, -0.25) is 4.79 Å². The number of primary amides is 1. The zero-order valence-corrected chi connectivity index (χ0v) is 11.0. The summed E-state index contributed by atoms with van der Waals surface area (Å²) in [5.74, 6) is -0.273. The van der Waals surface area contributed by atoms with E-state index >= 15 is 0 Å². The first kappa shape index (κ1) is 15.3. The highest BCUT2D eigenvalue weighted by molar-refractivity contribution is 5.80. The van der Waals surface area contributed by atoms with Crippen LogP contribution < -0.4 is 11.1 Å². The van der Waals surface area contributed by atoms with Crippen LogP contribution in [0.1, 0.15) is 13.3 Å². The molecule has 1 amide bonds. The van der Waals surface area contributed by atoms with Crippen molar-refractivity contribution < 1.29 is 4.79 Å². The summed E-state index contributed by atoms with van der Waals surface area (Å²) < 4.78 is 0. The summed E-state index contributed by atoms with van der Waals surface area (Å²) in [6.45, 7) is 5.49. The number of nitrogens with two attached hydrogens (primary N) is 1. The maximum Gasteiger partial charge on any atom is 0.235 e. The number of nitrogens with one attached hydrogen (secondary N) is 1. The Morgan fingerprint density at radius 1 is 1.31 bits per heavy atom. The van der Waals surface area contributed by atoms with E-state index in [0.717, 1.165) is 26.1 Å². The van der Waals surface area contributed by atoms with E-state index in [1.807, 2.05) is 21.1 Å². The minimum absolute atomic E-state index is 0.243. The molecule has 0 aliphatic heterocycles. The molecule has 0 saturated carbocycles. The van der Waals surface area contributed by atoms with Gasteiger partial charge >= 0.3 is 0 Å². The number of carbonyl (C=O) groups is 1. The predicted molar refractivity (Wildman–Crippen MR) is 67.3 cm³/mol. The zero-order chi connectivity index (χ0) is 12.6. The van der Waals surface area contributed by atoms with Crippen LogP contribution in [0, 0.1) is 0 Å². The predicted octanol–water partition coefficient (Wildman–Crippen LogP) is -0.667. The standard InChI is InChI=1S/C11H26N4O/c1-5-6-13-10(11(12)16)9-15(4)8-7-14(2)3/h10,13H,5-9H2,1-4H3,(H2,12,16). The van der Waals surface area contributed by atoms with Crippen molar-refractivity contribution in [3.63, 3.8) is 0 Å². The van der Waals surface area contributed by atoms with Crippen LogP contribution in [0.3, 0.4) is 0 Å². The molecule has 0 radical (unpaired) electrons. The van der Waals surface area contributed by atoms with Gasteiger partial charge in [0.25, 0.3) is 0 Å². The first-order chi connectivity index (χ1) is 7.47. The van der Waals surface area contributed by atoms with Gasteiger partial charge in [0.1, 0.15) is 0 Å². The molecular weight excluding hydrogens is 204 g/mol. The number of nitrogens with zero attached hydrogens (tertiary/aromatic N) is 2. The summed E-state index contributed by atoms with van der Waals surface area (Å²) in [6, 6.07) is -0.243. The van der Waals surface area contributed by atoms with Crippen molar-refractivity contribution in [1.82, 2.24) is 15.1 Å². The van der Waals surface area contributed by atoms with E-state index in [-0.39, 0.29) is 11.9 Å². The largest absolute Gasteiger partial charge is 0.368 e. The van der Waals surface area contributed by atoms with Gasteiger partial charge < -0.3 is 20.9 Å². The van der Waals surface area contributed by atoms with E-state index in [1.165, 1.54) is 0 Å². The quantitative estimate of drug-likeness (QED) is 0.552. The summed E-state index contributed by atoms with van der Waals surface area (Å²) in [7, 11) is 6.08. The third-order valence-corrected chi connectivity index (χ3v) is 2.41. The van der Waals surface area contributed by atoms with Crippen LogP contribution in [-0.2, 0) is 4.79 Å². The maximum absolute atomic E-state index is 11.2. The monoisotopic (exact) mass is 230 g/mol. The zero-order valence-electron chi connectivity index (χ0n) is 11.0. The van der Waals surface area contributed by atoms with E-state index in [9.17, 15) is 4.79 Å². The van der Waals surface area contributed by atoms with Crippen LogP contribution in [0.4, 0.5) is 0 Å². The Hall–Kier alpha value is -0.650. The van der Waals surface area contributed by atoms with Crippen molar-refractivity contribution in [1.29, 1.82) is 0 Å². The van der Waals surface area contributed by atoms with Gasteiger partial charge in [0.2, 0.25) is 5.91 Å². The smallest absolute Gasteiger partial charge is 0.235 e. The number of hydrogen-bond acceptors (Lipinski definition) is 4. The van der Waals surface area contributed by atoms with E-state index in [4.69, 9.17) is 5.73 Å². The molecule has 3 N–H and O–H groups in total. The normalized spacial score (nSPS) is 13.4. The second kappa shape index (κ2) is 8.50. The highest BCUT2D eigenvalue weighted by Gasteiger charge is 2.16. The first-order valence-corrected chi connectivity index (χ1v) is 5.83. The molecule has 0 aliphatic rings. The van der Waals surface area contributed by atoms with Crippen molar-refractivity contribution in [2.45, 2.75) is 19.4 Å². The number of carbonyl (C=O) groups excluding carboxylic acids is 1. The van der Waals surface area contributed by atoms with E-state index < -0.39 is 0 Å². The van der Waals surface area contributed by atoms with Crippen LogP contribution in [-0.4, -0.2) is 69.1 Å². The molecular formula is C11H26N4O. The van der Waals surface area contributed by atoms with Gasteiger partial charge in [-0.2, -0.15) is 0 Å². The number of rotatable bonds is 9. The van der Waals surface area contributed by atoms with Gasteiger partial charge in [-0.1, -0.05) is 6.92 Å². The van der Waals surface area contributed by atoms with Gasteiger partial charge in [-0.05, 0) is 34.1 Å². The Kier molecular flexibility index (Phi) is 8.15. The molecule has 0 aromatic heterocycles. The minimum Gasteiger partial charge on any atom is -0.368 e. The Labute approximate surface area is 99.0 Å². The first-order valence-electron chi connectivity index (χ1n) is 5.83. The van der Waals surface area contributed by atoms with Crippen molar-refractivity contribution in [2.75, 3.05) is 47.3 Å². The molecule has 96 valence electrons. The summed E-state index contributed by atoms with van der Waals surface area (Å²) in [6.07, 6.45) is 1.01. The summed E-state index contributed by atoms with van der Waals surface area (Å²) in [4.78, 5) is 15.4. The average Bonchev–Trinajstić information content (AvgIpc) is 2.20. The van der Waals surface area contributed by atoms with E-state index in [0.29, 0.717) is 6.54 Å². The van der Waals surface area contributed by atoms with E-state index in [2.05, 4.69) is 22.0 Å². The fraction of sp³-hybridized carbons (Fsp3) is 0.909. The molecule has 0 saturated heterocycles. The van der Waals surface area contributed by atoms with E-state index in [1.54, 1.807) is 0 Å². The maximum atomic E-state index is 11.2. The highest BCUT2D eigenvalue weighted by Crippen LogP contribution is 1.91. The number of amides is 1. The van der Waals surface area contributed by atoms with Crippen LogP contribution in [0.2, 0.25) is 0 Å². The molecule has 5 heteroatoms. The lowest BCUT2D eigenvalue weighted by atomic mass is 10.2. The summed E-state index contributed by atoms with van der Waals surface area (Å²) in [5, 5.41) is 3.16. The molecule has 5 nitrogen and oxygen atoms in total. The molecule has 0 aliphatic carbocycles. The number of hydrogen-bond donors (Lipinski definition) is 2. The molecule has 0 heterocycles. The highest BCUT2D eigenvalue weighted by atomic mass is 16.1. The Balaban J connectivity index is 3.92. The summed E-state index contributed by atoms with van der Waals surface area (Å²) in [5.41, 5.74) is 5.34. The molecule has 0 fully saturated rings. The van der Waals surface area contributed by atoms with Crippen LogP contribution >= 0.6 is 0 Å². The molecule has 0 rings (SSSR count). The van der Waals surface area contributed by atoms with Crippen molar-refractivity contribution in [3.8, 4) is 0 Å². The Bertz CT molecular complexity index is 196. The summed E-state index contributed by atoms with van der Waals surface area (Å²) >= 11 is 0. The van der Waals surface area contributed by atoms with Crippen molar-refractivity contribution in [2.24, 2.45) is 5.73 Å². The SMILES string of the molecule is CCCNC(CN(C)CCN(C)C)C(N)=O. The number of likely N-dealkylation sites (N-methyl/N-ethyl adjacent to an activating group) is 2. The van der Waals surface area contributed by atoms with Gasteiger partial charge in [-0.25, -0.2) is 0 Å². The molecule has 16 heavy (non-hydrogen) atoms. The lowest BCUT2D eigenvalue weighted by molar-refractivity contribution is -0.120. The third-order valence-electron chi connectivity index (χ3n) is 2.41. The van der Waals surface area contributed by atoms with Gasteiger partial charge in [0, 0.05) is 19.6 Å². The van der Waals surface area contributed by atoms with Gasteiger partial charge in [0.05, 0.1) is 6.04 Å². The van der Waals surface area contributed by atoms with Crippen LogP contribution in [0.25, 0.3) is 0 Å². The lowest BCUT2D eigenvalue weighted by Gasteiger charge is -2.24.